The molecule has 0 spiro atoms. The Bertz CT molecular complexity index is 1350. The molecule has 0 fully saturated rings. The third-order valence-corrected chi connectivity index (χ3v) is 6.28. The van der Waals surface area contributed by atoms with Crippen LogP contribution in [0.3, 0.4) is 0 Å². The normalized spacial score (nSPS) is 11.5. The van der Waals surface area contributed by atoms with Crippen molar-refractivity contribution in [2.24, 2.45) is 0 Å². The minimum absolute atomic E-state index is 0.0240. The topological polar surface area (TPSA) is 104 Å². The molecule has 9 heteroatoms. The molecule has 4 rings (SSSR count). The zero-order chi connectivity index (χ0) is 20.6. The highest BCUT2D eigenvalue weighted by atomic mass is 79.9. The lowest BCUT2D eigenvalue weighted by Crippen LogP contribution is -2.17. The third kappa shape index (κ3) is 3.74. The van der Waals surface area contributed by atoms with E-state index >= 15 is 0 Å². The maximum absolute atomic E-state index is 13.0. The summed E-state index contributed by atoms with van der Waals surface area (Å²) in [4.78, 5) is 12.3. The van der Waals surface area contributed by atoms with Gasteiger partial charge in [-0.15, -0.1) is 9.19 Å². The number of hydrogen-bond acceptors (Lipinski definition) is 6. The minimum atomic E-state index is -4.07. The highest BCUT2D eigenvalue weighted by Gasteiger charge is 2.23. The van der Waals surface area contributed by atoms with Crippen LogP contribution in [-0.4, -0.2) is 23.6 Å². The molecule has 146 valence electrons. The monoisotopic (exact) mass is 471 g/mol. The maximum Gasteiger partial charge on any atom is 0.344 e. The number of nitrogen functional groups attached to an aromatic ring is 1. The minimum Gasteiger partial charge on any atom is -0.402 e. The van der Waals surface area contributed by atoms with Gasteiger partial charge in [0.25, 0.3) is 10.0 Å². The number of carbonyl (C=O) groups excluding carboxylic acids is 1. The van der Waals surface area contributed by atoms with E-state index < -0.39 is 16.0 Å². The van der Waals surface area contributed by atoms with Crippen molar-refractivity contribution >= 4 is 48.5 Å². The van der Waals surface area contributed by atoms with Crippen LogP contribution in [0.5, 0.6) is 5.88 Å². The van der Waals surface area contributed by atoms with Gasteiger partial charge in [-0.1, -0.05) is 52.3 Å². The first-order valence-corrected chi connectivity index (χ1v) is 10.7. The molecule has 4 aromatic rings. The highest BCUT2D eigenvalue weighted by molar-refractivity contribution is 9.10. The average Bonchev–Trinajstić information content (AvgIpc) is 3.08. The van der Waals surface area contributed by atoms with Crippen molar-refractivity contribution in [3.63, 3.8) is 0 Å². The van der Waals surface area contributed by atoms with Crippen LogP contribution < -0.4 is 10.5 Å². The Hall–Kier alpha value is -3.17. The van der Waals surface area contributed by atoms with Crippen molar-refractivity contribution in [3.05, 3.63) is 82.8 Å². The maximum atomic E-state index is 13.0. The van der Waals surface area contributed by atoms with Crippen molar-refractivity contribution in [2.45, 2.75) is 4.90 Å². The largest absolute Gasteiger partial charge is 0.402 e. The zero-order valence-electron chi connectivity index (χ0n) is 14.8. The molecule has 0 amide bonds. The number of esters is 1. The molecular formula is C20H14BrN3O4S. The van der Waals surface area contributed by atoms with Crippen LogP contribution in [0, 0.1) is 0 Å². The van der Waals surface area contributed by atoms with E-state index in [1.54, 1.807) is 36.4 Å². The van der Waals surface area contributed by atoms with Crippen LogP contribution in [-0.2, 0) is 10.0 Å². The van der Waals surface area contributed by atoms with E-state index in [2.05, 4.69) is 21.0 Å². The van der Waals surface area contributed by atoms with Crippen LogP contribution in [0.1, 0.15) is 10.4 Å². The molecule has 1 aromatic heterocycles. The second kappa shape index (κ2) is 7.34. The number of carbonyl (C=O) groups is 1. The van der Waals surface area contributed by atoms with Gasteiger partial charge in [0.15, 0.2) is 0 Å². The zero-order valence-corrected chi connectivity index (χ0v) is 17.2. The van der Waals surface area contributed by atoms with Gasteiger partial charge in [0.2, 0.25) is 5.88 Å². The van der Waals surface area contributed by atoms with Gasteiger partial charge in [0, 0.05) is 10.5 Å². The molecule has 0 atom stereocenters. The van der Waals surface area contributed by atoms with Crippen LogP contribution >= 0.6 is 15.9 Å². The lowest BCUT2D eigenvalue weighted by atomic mass is 10.1. The number of ether oxygens (including phenoxy) is 1. The van der Waals surface area contributed by atoms with Crippen molar-refractivity contribution < 1.29 is 17.9 Å². The molecule has 0 saturated carbocycles. The van der Waals surface area contributed by atoms with Crippen LogP contribution in [0.2, 0.25) is 0 Å². The number of rotatable bonds is 4. The molecule has 7 nitrogen and oxygen atoms in total. The predicted molar refractivity (Wildman–Crippen MR) is 112 cm³/mol. The molecule has 1 heterocycles. The van der Waals surface area contributed by atoms with Crippen LogP contribution in [0.4, 0.5) is 5.82 Å². The first kappa shape index (κ1) is 19.2. The molecule has 2 N–H and O–H groups in total. The Kier molecular flexibility index (Phi) is 4.85. The molecule has 3 aromatic carbocycles. The summed E-state index contributed by atoms with van der Waals surface area (Å²) in [6.07, 6.45) is 0. The summed E-state index contributed by atoms with van der Waals surface area (Å²) < 4.78 is 32.5. The first-order chi connectivity index (χ1) is 13.8. The smallest absolute Gasteiger partial charge is 0.344 e. The highest BCUT2D eigenvalue weighted by Crippen LogP contribution is 2.25. The van der Waals surface area contributed by atoms with Crippen molar-refractivity contribution in [1.82, 2.24) is 9.19 Å². The first-order valence-electron chi connectivity index (χ1n) is 8.42. The average molecular weight is 472 g/mol. The summed E-state index contributed by atoms with van der Waals surface area (Å²) in [7, 11) is -4.07. The molecule has 0 aliphatic rings. The van der Waals surface area contributed by atoms with E-state index in [0.717, 1.165) is 10.8 Å². The van der Waals surface area contributed by atoms with Crippen LogP contribution in [0.25, 0.3) is 10.8 Å². The number of nitrogens with two attached hydrogens (primary N) is 1. The molecule has 0 radical (unpaired) electrons. The number of fused-ring (bicyclic) bond motifs is 1. The van der Waals surface area contributed by atoms with Gasteiger partial charge >= 0.3 is 5.97 Å². The predicted octanol–water partition coefficient (Wildman–Crippen LogP) is 3.84. The number of anilines is 1. The quantitative estimate of drug-likeness (QED) is 0.453. The molecule has 0 aliphatic heterocycles. The van der Waals surface area contributed by atoms with Gasteiger partial charge in [0.1, 0.15) is 5.82 Å². The van der Waals surface area contributed by atoms with Crippen molar-refractivity contribution in [2.75, 3.05) is 5.73 Å². The Labute approximate surface area is 174 Å². The van der Waals surface area contributed by atoms with Crippen LogP contribution in [0.15, 0.2) is 82.2 Å². The Morgan fingerprint density at radius 3 is 2.48 bits per heavy atom. The Morgan fingerprint density at radius 2 is 1.72 bits per heavy atom. The second-order valence-electron chi connectivity index (χ2n) is 6.16. The van der Waals surface area contributed by atoms with E-state index in [-0.39, 0.29) is 22.2 Å². The molecular weight excluding hydrogens is 458 g/mol. The lowest BCUT2D eigenvalue weighted by molar-refractivity contribution is 0.0727. The second-order valence-corrected chi connectivity index (χ2v) is 8.85. The van der Waals surface area contributed by atoms with Gasteiger partial charge < -0.3 is 10.5 Å². The summed E-state index contributed by atoms with van der Waals surface area (Å²) in [6, 6.07) is 19.9. The summed E-state index contributed by atoms with van der Waals surface area (Å²) in [5.74, 6) is -1.06. The molecule has 29 heavy (non-hydrogen) atoms. The standard InChI is InChI=1S/C20H14BrN3O4S/c21-16-7-3-6-15(10-16)20(25)28-19-12-18(22)24(23-19)29(26,27)17-9-8-13-4-1-2-5-14(13)11-17/h1-12H,22H2. The summed E-state index contributed by atoms with van der Waals surface area (Å²) in [6.45, 7) is 0. The number of benzene rings is 3. The Balaban J connectivity index is 1.66. The molecule has 0 bridgehead atoms. The number of halogens is 1. The van der Waals surface area contributed by atoms with Gasteiger partial charge in [-0.25, -0.2) is 4.79 Å². The fraction of sp³-hybridized carbons (Fsp3) is 0. The van der Waals surface area contributed by atoms with E-state index in [9.17, 15) is 13.2 Å². The number of aromatic nitrogens is 2. The van der Waals surface area contributed by atoms with E-state index in [4.69, 9.17) is 10.5 Å². The lowest BCUT2D eigenvalue weighted by Gasteiger charge is -2.07. The van der Waals surface area contributed by atoms with Gasteiger partial charge in [-0.05, 0) is 41.1 Å². The molecule has 0 saturated heterocycles. The fourth-order valence-electron chi connectivity index (χ4n) is 2.80. The Morgan fingerprint density at radius 1 is 0.966 bits per heavy atom. The van der Waals surface area contributed by atoms with Gasteiger partial charge in [0.05, 0.1) is 10.5 Å². The molecule has 0 unspecified atom stereocenters. The van der Waals surface area contributed by atoms with Crippen molar-refractivity contribution in [3.8, 4) is 5.88 Å². The number of nitrogens with zero attached hydrogens (tertiary/aromatic N) is 2. The summed E-state index contributed by atoms with van der Waals surface area (Å²) >= 11 is 3.27. The van der Waals surface area contributed by atoms with Gasteiger partial charge in [-0.2, -0.15) is 8.42 Å². The number of hydrogen-bond donors (Lipinski definition) is 1. The molecule has 0 aliphatic carbocycles. The van der Waals surface area contributed by atoms with E-state index in [1.165, 1.54) is 12.1 Å². The van der Waals surface area contributed by atoms with Gasteiger partial charge in [-0.3, -0.25) is 0 Å². The van der Waals surface area contributed by atoms with E-state index in [0.29, 0.717) is 8.56 Å². The summed E-state index contributed by atoms with van der Waals surface area (Å²) in [5, 5.41) is 5.55. The SMILES string of the molecule is Nc1cc(OC(=O)c2cccc(Br)c2)nn1S(=O)(=O)c1ccc2ccccc2c1. The fourth-order valence-corrected chi connectivity index (χ4v) is 4.43. The van der Waals surface area contributed by atoms with Crippen molar-refractivity contribution in [1.29, 1.82) is 0 Å². The van der Waals surface area contributed by atoms with E-state index in [1.807, 2.05) is 24.3 Å². The summed E-state index contributed by atoms with van der Waals surface area (Å²) in [5.41, 5.74) is 6.12. The third-order valence-electron chi connectivity index (χ3n) is 4.19.